The van der Waals surface area contributed by atoms with E-state index in [1.807, 2.05) is 61.4 Å². The third-order valence-electron chi connectivity index (χ3n) is 5.63. The van der Waals surface area contributed by atoms with E-state index < -0.39 is 17.7 Å². The molecule has 0 radical (unpaired) electrons. The monoisotopic (exact) mass is 532 g/mol. The number of imidazole rings is 1. The molecule has 1 aliphatic heterocycles. The second-order valence-electron chi connectivity index (χ2n) is 9.37. The van der Waals surface area contributed by atoms with E-state index in [2.05, 4.69) is 26.2 Å². The first-order valence-corrected chi connectivity index (χ1v) is 12.8. The topological polar surface area (TPSA) is 87.3 Å². The number of H-pyrrole nitrogens is 1. The molecule has 3 aromatic rings. The zero-order valence-corrected chi connectivity index (χ0v) is 21.5. The predicted molar refractivity (Wildman–Crippen MR) is 134 cm³/mol. The van der Waals surface area contributed by atoms with Crippen molar-refractivity contribution in [1.82, 2.24) is 20.2 Å². The van der Waals surface area contributed by atoms with Crippen LogP contribution < -0.4 is 5.32 Å². The number of ether oxygens (including phenoxy) is 1. The highest BCUT2D eigenvalue weighted by molar-refractivity contribution is 9.10. The van der Waals surface area contributed by atoms with Crippen molar-refractivity contribution in [2.45, 2.75) is 57.6 Å². The van der Waals surface area contributed by atoms with Crippen LogP contribution in [0.2, 0.25) is 0 Å². The van der Waals surface area contributed by atoms with Crippen LogP contribution in [-0.4, -0.2) is 51.6 Å². The number of thiophene rings is 1. The van der Waals surface area contributed by atoms with E-state index in [0.717, 1.165) is 39.0 Å². The summed E-state index contributed by atoms with van der Waals surface area (Å²) in [6.45, 7) is 6.68. The average Bonchev–Trinajstić information content (AvgIpc) is 3.41. The van der Waals surface area contributed by atoms with Crippen LogP contribution in [0.5, 0.6) is 0 Å². The Morgan fingerprint density at radius 3 is 2.73 bits per heavy atom. The third kappa shape index (κ3) is 6.14. The van der Waals surface area contributed by atoms with Crippen LogP contribution in [0.3, 0.4) is 0 Å². The quantitative estimate of drug-likeness (QED) is 0.470. The lowest BCUT2D eigenvalue weighted by molar-refractivity contribution is -0.134. The lowest BCUT2D eigenvalue weighted by Crippen LogP contribution is -2.52. The second-order valence-corrected chi connectivity index (χ2v) is 11.3. The van der Waals surface area contributed by atoms with E-state index in [-0.39, 0.29) is 11.8 Å². The molecule has 176 valence electrons. The first kappa shape index (κ1) is 23.8. The van der Waals surface area contributed by atoms with Crippen LogP contribution in [0.4, 0.5) is 4.79 Å². The number of alkyl carbamates (subject to hydrolysis) is 1. The number of carbonyl (C=O) groups excluding carboxylic acids is 2. The van der Waals surface area contributed by atoms with E-state index in [1.165, 1.54) is 0 Å². The molecule has 7 nitrogen and oxygen atoms in total. The smallest absolute Gasteiger partial charge is 0.408 e. The molecule has 1 aromatic carbocycles. The number of carbonyl (C=O) groups is 2. The Bertz CT molecular complexity index is 1110. The van der Waals surface area contributed by atoms with E-state index in [0.29, 0.717) is 19.5 Å². The number of benzene rings is 1. The number of amides is 2. The molecule has 1 fully saturated rings. The number of nitrogens with one attached hydrogen (secondary N) is 2. The highest BCUT2D eigenvalue weighted by Gasteiger charge is 2.32. The number of likely N-dealkylation sites (tertiary alicyclic amines) is 1. The number of halogens is 1. The van der Waals surface area contributed by atoms with E-state index in [9.17, 15) is 9.59 Å². The SMILES string of the molecule is CC(C)(C)OC(=O)NC(Cc1cccs1)C(=O)N1CCC(c2nc3cc(Br)ccc3[nH]2)CC1. The minimum absolute atomic E-state index is 0.0683. The Balaban J connectivity index is 1.41. The molecule has 9 heteroatoms. The van der Waals surface area contributed by atoms with Gasteiger partial charge in [-0.1, -0.05) is 22.0 Å². The number of piperidine rings is 1. The van der Waals surface area contributed by atoms with E-state index >= 15 is 0 Å². The Labute approximate surface area is 206 Å². The van der Waals surface area contributed by atoms with Crippen LogP contribution in [0.1, 0.15) is 50.2 Å². The number of hydrogen-bond donors (Lipinski definition) is 2. The molecule has 2 aromatic heterocycles. The molecule has 2 amide bonds. The molecule has 1 unspecified atom stereocenters. The zero-order chi connectivity index (χ0) is 23.6. The lowest BCUT2D eigenvalue weighted by Gasteiger charge is -2.34. The number of rotatable bonds is 5. The average molecular weight is 533 g/mol. The third-order valence-corrected chi connectivity index (χ3v) is 7.02. The Hall–Kier alpha value is -2.39. The van der Waals surface area contributed by atoms with Gasteiger partial charge in [-0.15, -0.1) is 11.3 Å². The highest BCUT2D eigenvalue weighted by atomic mass is 79.9. The molecule has 33 heavy (non-hydrogen) atoms. The molecule has 1 atom stereocenters. The van der Waals surface area contributed by atoms with Gasteiger partial charge in [0.15, 0.2) is 0 Å². The maximum Gasteiger partial charge on any atom is 0.408 e. The van der Waals surface area contributed by atoms with Crippen LogP contribution in [0, 0.1) is 0 Å². The van der Waals surface area contributed by atoms with Gasteiger partial charge in [-0.2, -0.15) is 0 Å². The molecule has 0 aliphatic carbocycles. The fourth-order valence-electron chi connectivity index (χ4n) is 4.07. The number of nitrogens with zero attached hydrogens (tertiary/aromatic N) is 2. The number of fused-ring (bicyclic) bond motifs is 1. The highest BCUT2D eigenvalue weighted by Crippen LogP contribution is 2.29. The Kier molecular flexibility index (Phi) is 7.09. The van der Waals surface area contributed by atoms with E-state index in [4.69, 9.17) is 9.72 Å². The molecular formula is C24H29BrN4O3S. The van der Waals surface area contributed by atoms with Crippen LogP contribution in [0.25, 0.3) is 11.0 Å². The van der Waals surface area contributed by atoms with Crippen molar-refractivity contribution in [3.8, 4) is 0 Å². The maximum absolute atomic E-state index is 13.4. The summed E-state index contributed by atoms with van der Waals surface area (Å²) < 4.78 is 6.41. The summed E-state index contributed by atoms with van der Waals surface area (Å²) in [6.07, 6.45) is 1.53. The molecular weight excluding hydrogens is 504 g/mol. The van der Waals surface area contributed by atoms with Gasteiger partial charge in [-0.3, -0.25) is 4.79 Å². The first-order chi connectivity index (χ1) is 15.7. The maximum atomic E-state index is 13.4. The van der Waals surface area contributed by atoms with Gasteiger partial charge in [-0.25, -0.2) is 9.78 Å². The van der Waals surface area contributed by atoms with Crippen molar-refractivity contribution >= 4 is 50.3 Å². The minimum Gasteiger partial charge on any atom is -0.444 e. The Morgan fingerprint density at radius 2 is 2.06 bits per heavy atom. The number of hydrogen-bond acceptors (Lipinski definition) is 5. The lowest BCUT2D eigenvalue weighted by atomic mass is 9.95. The number of aromatic amines is 1. The van der Waals surface area contributed by atoms with Crippen molar-refractivity contribution in [3.05, 3.63) is 50.9 Å². The molecule has 0 spiro atoms. The molecule has 0 bridgehead atoms. The minimum atomic E-state index is -0.654. The summed E-state index contributed by atoms with van der Waals surface area (Å²) in [5.41, 5.74) is 1.33. The van der Waals surface area contributed by atoms with Crippen LogP contribution in [0.15, 0.2) is 40.2 Å². The summed E-state index contributed by atoms with van der Waals surface area (Å²) in [5.74, 6) is 1.17. The predicted octanol–water partition coefficient (Wildman–Crippen LogP) is 5.23. The zero-order valence-electron chi connectivity index (χ0n) is 19.1. The molecule has 1 saturated heterocycles. The molecule has 4 rings (SSSR count). The molecule has 3 heterocycles. The summed E-state index contributed by atoms with van der Waals surface area (Å²) in [6, 6.07) is 9.30. The van der Waals surface area contributed by atoms with Crippen molar-refractivity contribution in [2.24, 2.45) is 0 Å². The van der Waals surface area contributed by atoms with Gasteiger partial charge in [0.2, 0.25) is 5.91 Å². The largest absolute Gasteiger partial charge is 0.444 e. The summed E-state index contributed by atoms with van der Waals surface area (Å²) in [7, 11) is 0. The summed E-state index contributed by atoms with van der Waals surface area (Å²) in [4.78, 5) is 36.9. The number of aromatic nitrogens is 2. The van der Waals surface area contributed by atoms with Crippen molar-refractivity contribution in [1.29, 1.82) is 0 Å². The van der Waals surface area contributed by atoms with Gasteiger partial charge in [0.25, 0.3) is 0 Å². The van der Waals surface area contributed by atoms with Crippen molar-refractivity contribution < 1.29 is 14.3 Å². The van der Waals surface area contributed by atoms with Gasteiger partial charge in [0, 0.05) is 34.8 Å². The molecule has 0 saturated carbocycles. The summed E-state index contributed by atoms with van der Waals surface area (Å²) in [5, 5.41) is 4.78. The van der Waals surface area contributed by atoms with Crippen molar-refractivity contribution in [3.63, 3.8) is 0 Å². The fourth-order valence-corrected chi connectivity index (χ4v) is 5.17. The van der Waals surface area contributed by atoms with Gasteiger partial charge >= 0.3 is 6.09 Å². The fraction of sp³-hybridized carbons (Fsp3) is 0.458. The molecule has 2 N–H and O–H groups in total. The van der Waals surface area contributed by atoms with Crippen molar-refractivity contribution in [2.75, 3.05) is 13.1 Å². The second kappa shape index (κ2) is 9.85. The van der Waals surface area contributed by atoms with Gasteiger partial charge in [0.1, 0.15) is 17.5 Å². The Morgan fingerprint density at radius 1 is 1.30 bits per heavy atom. The summed E-state index contributed by atoms with van der Waals surface area (Å²) >= 11 is 5.07. The van der Waals surface area contributed by atoms with E-state index in [1.54, 1.807) is 11.3 Å². The molecule has 1 aliphatic rings. The van der Waals surface area contributed by atoms with Crippen LogP contribution >= 0.6 is 27.3 Å². The standard InChI is InChI=1S/C24H29BrN4O3S/c1-24(2,3)32-23(31)28-20(14-17-5-4-12-33-17)22(30)29-10-8-15(9-11-29)21-26-18-7-6-16(25)13-19(18)27-21/h4-7,12-13,15,20H,8-11,14H2,1-3H3,(H,26,27)(H,28,31). The normalized spacial score (nSPS) is 16.1. The van der Waals surface area contributed by atoms with Crippen LogP contribution in [-0.2, 0) is 16.0 Å². The first-order valence-electron chi connectivity index (χ1n) is 11.1. The van der Waals surface area contributed by atoms with Gasteiger partial charge in [-0.05, 0) is 63.3 Å². The van der Waals surface area contributed by atoms with Gasteiger partial charge in [0.05, 0.1) is 11.0 Å². The van der Waals surface area contributed by atoms with Gasteiger partial charge < -0.3 is 19.9 Å².